The van der Waals surface area contributed by atoms with Crippen molar-refractivity contribution in [1.82, 2.24) is 0 Å². The van der Waals surface area contributed by atoms with Crippen molar-refractivity contribution in [2.24, 2.45) is 51.3 Å². The molecule has 5 nitrogen and oxygen atoms in total. The van der Waals surface area contributed by atoms with Crippen LogP contribution in [0.3, 0.4) is 0 Å². The van der Waals surface area contributed by atoms with Crippen LogP contribution in [0.15, 0.2) is 16.8 Å². The molecule has 5 heteroatoms. The second kappa shape index (κ2) is 8.13. The topological polar surface area (TPSA) is 81.8 Å². The maximum Gasteiger partial charge on any atom is 0.351 e. The lowest BCUT2D eigenvalue weighted by atomic mass is 9.46. The number of Topliss-reactive ketones (excluding diaryl/α,β-unsaturated/α-hetero) is 1. The molecule has 0 radical (unpaired) electrons. The minimum Gasteiger partial charge on any atom is -0.318 e. The number of nitrogens with zero attached hydrogens (tertiary/aromatic N) is 1. The molecule has 2 N–H and O–H groups in total. The van der Waals surface area contributed by atoms with Crippen LogP contribution in [0.2, 0.25) is 0 Å². The lowest BCUT2D eigenvalue weighted by Gasteiger charge is -2.58. The molecule has 0 aromatic rings. The van der Waals surface area contributed by atoms with Gasteiger partial charge in [-0.05, 0) is 98.9 Å². The minimum absolute atomic E-state index is 0.0335. The normalized spacial score (nSPS) is 41.8. The molecular formula is C26H40N2O3. The van der Waals surface area contributed by atoms with Gasteiger partial charge in [0.2, 0.25) is 0 Å². The summed E-state index contributed by atoms with van der Waals surface area (Å²) in [5, 5.41) is 4.18. The number of hydrogen-bond acceptors (Lipinski definition) is 5. The summed E-state index contributed by atoms with van der Waals surface area (Å²) in [7, 11) is 0. The third-order valence-electron chi connectivity index (χ3n) is 9.71. The fraction of sp³-hybridized carbons (Fsp3) is 0.808. The molecule has 4 aliphatic rings. The third kappa shape index (κ3) is 3.71. The number of carbonyl (C=O) groups excluding carboxylic acids is 2. The van der Waals surface area contributed by atoms with Crippen LogP contribution in [-0.4, -0.2) is 23.5 Å². The van der Waals surface area contributed by atoms with E-state index in [1.807, 2.05) is 13.8 Å². The first-order valence-electron chi connectivity index (χ1n) is 12.3. The Morgan fingerprint density at radius 2 is 1.84 bits per heavy atom. The fourth-order valence-electron chi connectivity index (χ4n) is 7.75. The van der Waals surface area contributed by atoms with E-state index in [-0.39, 0.29) is 22.7 Å². The predicted octanol–water partition coefficient (Wildman–Crippen LogP) is 5.04. The van der Waals surface area contributed by atoms with Crippen LogP contribution in [-0.2, 0) is 14.4 Å². The van der Waals surface area contributed by atoms with Crippen molar-refractivity contribution in [3.8, 4) is 0 Å². The highest BCUT2D eigenvalue weighted by molar-refractivity contribution is 5.96. The van der Waals surface area contributed by atoms with Gasteiger partial charge in [0.05, 0.1) is 5.71 Å². The molecule has 0 bridgehead atoms. The first kappa shape index (κ1) is 22.7. The Balaban J connectivity index is 1.51. The molecule has 172 valence electrons. The first-order chi connectivity index (χ1) is 14.6. The van der Waals surface area contributed by atoms with Crippen LogP contribution in [0.1, 0.15) is 86.0 Å². The molecule has 4 aliphatic carbocycles. The van der Waals surface area contributed by atoms with Gasteiger partial charge in [0.15, 0.2) is 0 Å². The molecule has 4 rings (SSSR count). The second-order valence-corrected chi connectivity index (χ2v) is 11.6. The summed E-state index contributed by atoms with van der Waals surface area (Å²) in [6.07, 6.45) is 11.1. The van der Waals surface area contributed by atoms with E-state index >= 15 is 0 Å². The Kier molecular flexibility index (Phi) is 5.95. The predicted molar refractivity (Wildman–Crippen MR) is 122 cm³/mol. The van der Waals surface area contributed by atoms with E-state index in [9.17, 15) is 9.59 Å². The van der Waals surface area contributed by atoms with Gasteiger partial charge in [0, 0.05) is 5.92 Å². The molecule has 0 aromatic heterocycles. The standard InChI is InChI=1S/C26H40N2O3/c1-15(2)23(27)24(30)31-28-18-10-12-25(4)17(14-18)6-7-19-21-9-8-20(16(3)29)26(21,5)13-11-22(19)25/h14-15,19-23H,6-13,27H2,1-5H3/b28-18+/t19?,20-,21?,22?,23+,25+,26-/m1/s1. The van der Waals surface area contributed by atoms with Crippen molar-refractivity contribution >= 4 is 17.5 Å². The van der Waals surface area contributed by atoms with E-state index in [2.05, 4.69) is 25.1 Å². The lowest BCUT2D eigenvalue weighted by molar-refractivity contribution is -0.146. The maximum absolute atomic E-state index is 12.3. The Labute approximate surface area is 187 Å². The first-order valence-corrected chi connectivity index (χ1v) is 12.3. The number of oxime groups is 1. The van der Waals surface area contributed by atoms with E-state index in [4.69, 9.17) is 10.6 Å². The molecule has 0 aliphatic heterocycles. The molecule has 0 heterocycles. The van der Waals surface area contributed by atoms with E-state index < -0.39 is 12.0 Å². The zero-order valence-electron chi connectivity index (χ0n) is 19.9. The molecule has 0 aromatic carbocycles. The zero-order valence-corrected chi connectivity index (χ0v) is 19.9. The van der Waals surface area contributed by atoms with E-state index in [1.165, 1.54) is 31.3 Å². The number of allylic oxidation sites excluding steroid dienone is 2. The van der Waals surface area contributed by atoms with Crippen LogP contribution >= 0.6 is 0 Å². The summed E-state index contributed by atoms with van der Waals surface area (Å²) in [6, 6.07) is -0.636. The molecule has 31 heavy (non-hydrogen) atoms. The highest BCUT2D eigenvalue weighted by Gasteiger charge is 2.59. The highest BCUT2D eigenvalue weighted by atomic mass is 16.7. The molecule has 0 amide bonds. The molecule has 0 spiro atoms. The van der Waals surface area contributed by atoms with Crippen LogP contribution in [0.25, 0.3) is 0 Å². The Bertz CT molecular complexity index is 815. The molecule has 3 saturated carbocycles. The summed E-state index contributed by atoms with van der Waals surface area (Å²) in [5.41, 5.74) is 8.63. The summed E-state index contributed by atoms with van der Waals surface area (Å²) in [4.78, 5) is 29.6. The SMILES string of the molecule is CC(=O)[C@H]1CCC2C3CCC4=C/C(=N/OC(=O)[C@@H](N)C(C)C)CC[C@]4(C)C3CC[C@@]21C. The van der Waals surface area contributed by atoms with Crippen LogP contribution in [0.4, 0.5) is 0 Å². The number of fused-ring (bicyclic) bond motifs is 5. The number of hydrogen-bond donors (Lipinski definition) is 1. The average molecular weight is 429 g/mol. The van der Waals surface area contributed by atoms with E-state index in [0.29, 0.717) is 17.6 Å². The number of ketones is 1. The Morgan fingerprint density at radius 3 is 2.52 bits per heavy atom. The van der Waals surface area contributed by atoms with Gasteiger partial charge < -0.3 is 10.6 Å². The molecule has 7 atom stereocenters. The smallest absolute Gasteiger partial charge is 0.318 e. The fourth-order valence-corrected chi connectivity index (χ4v) is 7.75. The number of nitrogens with two attached hydrogens (primary N) is 1. The third-order valence-corrected chi connectivity index (χ3v) is 9.71. The second-order valence-electron chi connectivity index (χ2n) is 11.6. The average Bonchev–Trinajstić information content (AvgIpc) is 3.08. The van der Waals surface area contributed by atoms with Crippen molar-refractivity contribution in [1.29, 1.82) is 0 Å². The van der Waals surface area contributed by atoms with E-state index in [0.717, 1.165) is 37.3 Å². The van der Waals surface area contributed by atoms with Crippen molar-refractivity contribution in [2.75, 3.05) is 0 Å². The zero-order chi connectivity index (χ0) is 22.6. The van der Waals surface area contributed by atoms with Gasteiger partial charge in [-0.3, -0.25) is 4.79 Å². The Morgan fingerprint density at radius 1 is 1.10 bits per heavy atom. The highest BCUT2D eigenvalue weighted by Crippen LogP contribution is 2.66. The summed E-state index contributed by atoms with van der Waals surface area (Å²) >= 11 is 0. The van der Waals surface area contributed by atoms with Crippen LogP contribution in [0, 0.1) is 40.4 Å². The van der Waals surface area contributed by atoms with Gasteiger partial charge in [-0.15, -0.1) is 0 Å². The van der Waals surface area contributed by atoms with Gasteiger partial charge in [0.25, 0.3) is 0 Å². The van der Waals surface area contributed by atoms with Gasteiger partial charge in [-0.25, -0.2) is 4.79 Å². The van der Waals surface area contributed by atoms with Gasteiger partial charge in [-0.1, -0.05) is 38.4 Å². The molecular weight excluding hydrogens is 388 g/mol. The largest absolute Gasteiger partial charge is 0.351 e. The van der Waals surface area contributed by atoms with Crippen molar-refractivity contribution in [3.63, 3.8) is 0 Å². The summed E-state index contributed by atoms with van der Waals surface area (Å²) in [5.74, 6) is 2.35. The monoisotopic (exact) mass is 428 g/mol. The van der Waals surface area contributed by atoms with Crippen LogP contribution < -0.4 is 5.73 Å². The number of carbonyl (C=O) groups is 2. The number of rotatable bonds is 4. The summed E-state index contributed by atoms with van der Waals surface area (Å²) in [6.45, 7) is 10.5. The van der Waals surface area contributed by atoms with Crippen LogP contribution in [0.5, 0.6) is 0 Å². The molecule has 3 unspecified atom stereocenters. The van der Waals surface area contributed by atoms with E-state index in [1.54, 1.807) is 6.92 Å². The van der Waals surface area contributed by atoms with Crippen molar-refractivity contribution in [2.45, 2.75) is 92.0 Å². The maximum atomic E-state index is 12.3. The summed E-state index contributed by atoms with van der Waals surface area (Å²) < 4.78 is 0. The van der Waals surface area contributed by atoms with Gasteiger partial charge in [0.1, 0.15) is 11.8 Å². The molecule has 3 fully saturated rings. The van der Waals surface area contributed by atoms with Gasteiger partial charge in [-0.2, -0.15) is 0 Å². The Hall–Kier alpha value is -1.49. The lowest BCUT2D eigenvalue weighted by Crippen LogP contribution is -2.51. The van der Waals surface area contributed by atoms with Gasteiger partial charge >= 0.3 is 5.97 Å². The quantitative estimate of drug-likeness (QED) is 0.502. The van der Waals surface area contributed by atoms with Crippen molar-refractivity contribution in [3.05, 3.63) is 11.6 Å². The minimum atomic E-state index is -0.636. The van der Waals surface area contributed by atoms with Crippen molar-refractivity contribution < 1.29 is 14.4 Å². The molecule has 0 saturated heterocycles.